The third kappa shape index (κ3) is 3.92. The lowest BCUT2D eigenvalue weighted by Gasteiger charge is -2.15. The molecule has 0 amide bonds. The van der Waals surface area contributed by atoms with Crippen molar-refractivity contribution in [3.8, 4) is 28.6 Å². The maximum atomic E-state index is 13.2. The van der Waals surface area contributed by atoms with E-state index in [1.807, 2.05) is 54.6 Å². The van der Waals surface area contributed by atoms with Gasteiger partial charge in [-0.25, -0.2) is 4.98 Å². The van der Waals surface area contributed by atoms with Crippen LogP contribution in [0.2, 0.25) is 0 Å². The fourth-order valence-corrected chi connectivity index (χ4v) is 4.48. The Hall–Kier alpha value is -4.71. The number of hydrogen-bond donors (Lipinski definition) is 1. The van der Waals surface area contributed by atoms with Gasteiger partial charge in [0.1, 0.15) is 28.9 Å². The summed E-state index contributed by atoms with van der Waals surface area (Å²) in [6.07, 6.45) is 2.47. The number of rotatable bonds is 7. The monoisotopic (exact) mass is 477 g/mol. The van der Waals surface area contributed by atoms with Crippen molar-refractivity contribution < 1.29 is 9.59 Å². The highest BCUT2D eigenvalue weighted by Gasteiger charge is 2.36. The van der Waals surface area contributed by atoms with E-state index in [1.165, 1.54) is 6.92 Å². The lowest BCUT2D eigenvalue weighted by atomic mass is 9.91. The van der Waals surface area contributed by atoms with Crippen molar-refractivity contribution in [1.29, 1.82) is 5.26 Å². The summed E-state index contributed by atoms with van der Waals surface area (Å²) in [6, 6.07) is 17.7. The number of fused-ring (bicyclic) bond motifs is 1. The Kier molecular flexibility index (Phi) is 6.09. The summed E-state index contributed by atoms with van der Waals surface area (Å²) in [5, 5.41) is 23.9. The summed E-state index contributed by atoms with van der Waals surface area (Å²) in [4.78, 5) is 30.6. The fourth-order valence-electron chi connectivity index (χ4n) is 4.48. The van der Waals surface area contributed by atoms with Gasteiger partial charge in [-0.05, 0) is 35.2 Å². The number of aromatic nitrogens is 6. The number of tetrazole rings is 1. The third-order valence-corrected chi connectivity index (χ3v) is 6.40. The largest absolute Gasteiger partial charge is 0.320 e. The van der Waals surface area contributed by atoms with Gasteiger partial charge in [0.15, 0.2) is 0 Å². The number of imidazole rings is 1. The van der Waals surface area contributed by atoms with Crippen LogP contribution in [0.5, 0.6) is 0 Å². The van der Waals surface area contributed by atoms with E-state index in [0.29, 0.717) is 24.6 Å². The summed E-state index contributed by atoms with van der Waals surface area (Å²) in [5.74, 6) is 0.402. The molecule has 2 aromatic heterocycles. The molecule has 1 N–H and O–H groups in total. The number of unbranched alkanes of at least 4 members (excludes halogenated alkanes) is 1. The first-order valence-electron chi connectivity index (χ1n) is 11.7. The van der Waals surface area contributed by atoms with E-state index in [0.717, 1.165) is 35.1 Å². The highest BCUT2D eigenvalue weighted by atomic mass is 16.1. The Bertz CT molecular complexity index is 1540. The molecule has 9 heteroatoms. The number of aryl methyl sites for hydroxylation is 1. The van der Waals surface area contributed by atoms with E-state index in [4.69, 9.17) is 0 Å². The van der Waals surface area contributed by atoms with Gasteiger partial charge < -0.3 is 4.57 Å². The molecule has 5 rings (SSSR count). The van der Waals surface area contributed by atoms with Crippen LogP contribution in [0.25, 0.3) is 22.5 Å². The van der Waals surface area contributed by atoms with Crippen molar-refractivity contribution in [2.24, 2.45) is 0 Å². The molecule has 4 aromatic rings. The predicted octanol–water partition coefficient (Wildman–Crippen LogP) is 4.34. The lowest BCUT2D eigenvalue weighted by Crippen LogP contribution is -2.23. The highest BCUT2D eigenvalue weighted by molar-refractivity contribution is 6.27. The van der Waals surface area contributed by atoms with Crippen LogP contribution in [0.3, 0.4) is 0 Å². The van der Waals surface area contributed by atoms with Crippen molar-refractivity contribution >= 4 is 11.6 Å². The van der Waals surface area contributed by atoms with Crippen LogP contribution in [0.1, 0.15) is 59.1 Å². The van der Waals surface area contributed by atoms with Gasteiger partial charge in [0.05, 0.1) is 0 Å². The molecule has 0 radical (unpaired) electrons. The maximum absolute atomic E-state index is 13.2. The molecule has 2 aromatic carbocycles. The van der Waals surface area contributed by atoms with E-state index in [9.17, 15) is 14.9 Å². The van der Waals surface area contributed by atoms with Crippen LogP contribution in [-0.2, 0) is 13.0 Å². The summed E-state index contributed by atoms with van der Waals surface area (Å²) in [5.41, 5.74) is 4.16. The van der Waals surface area contributed by atoms with Crippen LogP contribution < -0.4 is 0 Å². The number of Topliss-reactive ketones (excluding diaryl/α,β-unsaturated/α-hetero) is 2. The number of nitrogens with zero attached hydrogens (tertiary/aromatic N) is 6. The number of hydrogen-bond acceptors (Lipinski definition) is 7. The molecule has 0 spiro atoms. The maximum Gasteiger partial charge on any atom is 0.222 e. The third-order valence-electron chi connectivity index (χ3n) is 6.40. The van der Waals surface area contributed by atoms with Crippen molar-refractivity contribution in [2.45, 2.75) is 39.7 Å². The molecule has 0 unspecified atom stereocenters. The van der Waals surface area contributed by atoms with Gasteiger partial charge in [-0.3, -0.25) is 9.59 Å². The second-order valence-corrected chi connectivity index (χ2v) is 8.66. The van der Waals surface area contributed by atoms with Gasteiger partial charge in [-0.15, -0.1) is 10.2 Å². The van der Waals surface area contributed by atoms with Gasteiger partial charge in [0.2, 0.25) is 17.4 Å². The van der Waals surface area contributed by atoms with E-state index in [1.54, 1.807) is 4.57 Å². The molecule has 0 saturated carbocycles. The standard InChI is InChI=1S/C27H23N7O2/c1-3-4-9-22-29-23-24(26(36)21(14-28)16(2)25(23)35)34(22)15-17-10-12-18(13-11-17)19-7-5-6-8-20(19)27-30-32-33-31-27/h5-8,10-13H,3-4,9,15H2,1-2H3,(H,30,31,32,33). The molecule has 2 heterocycles. The SMILES string of the molecule is CCCCc1nc2c(n1Cc1ccc(-c3ccccc3-c3nn[nH]n3)cc1)C(=O)C(C#N)=C(C)C2=O. The average Bonchev–Trinajstić information content (AvgIpc) is 3.56. The smallest absolute Gasteiger partial charge is 0.222 e. The van der Waals surface area contributed by atoms with Gasteiger partial charge in [-0.2, -0.15) is 10.5 Å². The van der Waals surface area contributed by atoms with Crippen LogP contribution in [0.4, 0.5) is 0 Å². The molecule has 0 aliphatic heterocycles. The molecule has 1 aliphatic rings. The Balaban J connectivity index is 1.52. The topological polar surface area (TPSA) is 130 Å². The molecular formula is C27H23N7O2. The Labute approximate surface area is 207 Å². The zero-order valence-electron chi connectivity index (χ0n) is 19.9. The van der Waals surface area contributed by atoms with Crippen LogP contribution in [0.15, 0.2) is 59.7 Å². The van der Waals surface area contributed by atoms with Gasteiger partial charge >= 0.3 is 0 Å². The van der Waals surface area contributed by atoms with Crippen molar-refractivity contribution in [1.82, 2.24) is 30.2 Å². The number of carbonyl (C=O) groups excluding carboxylic acids is 2. The van der Waals surface area contributed by atoms with Crippen LogP contribution >= 0.6 is 0 Å². The van der Waals surface area contributed by atoms with Gasteiger partial charge in [0.25, 0.3) is 0 Å². The number of benzene rings is 2. The minimum Gasteiger partial charge on any atom is -0.320 e. The number of ketones is 2. The minimum absolute atomic E-state index is 0.107. The van der Waals surface area contributed by atoms with Crippen molar-refractivity contribution in [3.05, 3.63) is 82.5 Å². The predicted molar refractivity (Wildman–Crippen MR) is 132 cm³/mol. The van der Waals surface area contributed by atoms with Crippen LogP contribution in [-0.4, -0.2) is 41.7 Å². The van der Waals surface area contributed by atoms with E-state index < -0.39 is 5.78 Å². The highest BCUT2D eigenvalue weighted by Crippen LogP contribution is 2.31. The molecular weight excluding hydrogens is 454 g/mol. The second-order valence-electron chi connectivity index (χ2n) is 8.66. The van der Waals surface area contributed by atoms with Gasteiger partial charge in [-0.1, -0.05) is 61.9 Å². The molecule has 0 atom stereocenters. The molecule has 1 aliphatic carbocycles. The lowest BCUT2D eigenvalue weighted by molar-refractivity contribution is 0.0970. The first-order valence-corrected chi connectivity index (χ1v) is 11.7. The summed E-state index contributed by atoms with van der Waals surface area (Å²) < 4.78 is 1.80. The Morgan fingerprint density at radius 1 is 1.03 bits per heavy atom. The van der Waals surface area contributed by atoms with E-state index in [2.05, 4.69) is 32.5 Å². The zero-order valence-corrected chi connectivity index (χ0v) is 19.9. The second kappa shape index (κ2) is 9.50. The summed E-state index contributed by atoms with van der Waals surface area (Å²) >= 11 is 0. The number of carbonyl (C=O) groups is 2. The summed E-state index contributed by atoms with van der Waals surface area (Å²) in [6.45, 7) is 3.96. The molecule has 0 saturated heterocycles. The molecule has 0 fully saturated rings. The normalized spacial score (nSPS) is 13.1. The molecule has 0 bridgehead atoms. The fraction of sp³-hybridized carbons (Fsp3) is 0.222. The molecule has 9 nitrogen and oxygen atoms in total. The Morgan fingerprint density at radius 2 is 1.78 bits per heavy atom. The minimum atomic E-state index is -0.439. The Morgan fingerprint density at radius 3 is 2.44 bits per heavy atom. The zero-order chi connectivity index (χ0) is 25.2. The number of aromatic amines is 1. The number of nitrogens with one attached hydrogen (secondary N) is 1. The molecule has 36 heavy (non-hydrogen) atoms. The quantitative estimate of drug-likeness (QED) is 0.419. The summed E-state index contributed by atoms with van der Waals surface area (Å²) in [7, 11) is 0. The number of nitriles is 1. The van der Waals surface area contributed by atoms with Gasteiger partial charge in [0, 0.05) is 24.1 Å². The first-order chi connectivity index (χ1) is 17.5. The van der Waals surface area contributed by atoms with Crippen molar-refractivity contribution in [2.75, 3.05) is 0 Å². The average molecular weight is 478 g/mol. The number of allylic oxidation sites excluding steroid dienone is 2. The van der Waals surface area contributed by atoms with Crippen molar-refractivity contribution in [3.63, 3.8) is 0 Å². The molecule has 178 valence electrons. The number of H-pyrrole nitrogens is 1. The van der Waals surface area contributed by atoms with E-state index in [-0.39, 0.29) is 28.3 Å². The first kappa shape index (κ1) is 23.1. The van der Waals surface area contributed by atoms with E-state index >= 15 is 0 Å². The van der Waals surface area contributed by atoms with Crippen LogP contribution in [0, 0.1) is 11.3 Å².